The molecule has 3 rings (SSSR count). The zero-order chi connectivity index (χ0) is 14.8. The summed E-state index contributed by atoms with van der Waals surface area (Å²) in [5.74, 6) is 1.74. The molecule has 1 N–H and O–H groups in total. The summed E-state index contributed by atoms with van der Waals surface area (Å²) in [5.41, 5.74) is 1.42. The van der Waals surface area contributed by atoms with Crippen molar-refractivity contribution >= 4 is 5.91 Å². The molecular formula is C16H18N2O3. The van der Waals surface area contributed by atoms with Crippen LogP contribution in [0.4, 0.5) is 0 Å². The van der Waals surface area contributed by atoms with Crippen molar-refractivity contribution in [3.8, 4) is 5.75 Å². The molecule has 1 atom stereocenters. The number of nitrogens with zero attached hydrogens (tertiary/aromatic N) is 1. The van der Waals surface area contributed by atoms with E-state index < -0.39 is 0 Å². The van der Waals surface area contributed by atoms with Crippen molar-refractivity contribution in [2.45, 2.75) is 25.8 Å². The van der Waals surface area contributed by atoms with E-state index in [4.69, 9.17) is 9.26 Å². The van der Waals surface area contributed by atoms with Crippen molar-refractivity contribution in [3.05, 3.63) is 47.3 Å². The second kappa shape index (κ2) is 5.60. The summed E-state index contributed by atoms with van der Waals surface area (Å²) in [4.78, 5) is 12.2. The van der Waals surface area contributed by atoms with Crippen LogP contribution < -0.4 is 10.1 Å². The van der Waals surface area contributed by atoms with E-state index in [1.54, 1.807) is 20.1 Å². The van der Waals surface area contributed by atoms with Crippen LogP contribution in [0.2, 0.25) is 0 Å². The van der Waals surface area contributed by atoms with Crippen LogP contribution in [0.5, 0.6) is 5.75 Å². The number of aryl methyl sites for hydroxylation is 1. The van der Waals surface area contributed by atoms with Gasteiger partial charge < -0.3 is 14.6 Å². The van der Waals surface area contributed by atoms with Crippen molar-refractivity contribution in [2.24, 2.45) is 5.92 Å². The summed E-state index contributed by atoms with van der Waals surface area (Å²) in [6, 6.07) is 9.48. The van der Waals surface area contributed by atoms with Crippen LogP contribution in [0, 0.1) is 12.8 Å². The van der Waals surface area contributed by atoms with Gasteiger partial charge in [0, 0.05) is 6.07 Å². The summed E-state index contributed by atoms with van der Waals surface area (Å²) in [6.07, 6.45) is 2.27. The van der Waals surface area contributed by atoms with E-state index in [1.165, 1.54) is 0 Å². The normalized spacial score (nSPS) is 15.5. The van der Waals surface area contributed by atoms with Gasteiger partial charge in [0.05, 0.1) is 13.2 Å². The molecule has 1 amide bonds. The lowest BCUT2D eigenvalue weighted by atomic mass is 10.0. The first-order valence-corrected chi connectivity index (χ1v) is 7.05. The van der Waals surface area contributed by atoms with Gasteiger partial charge in [0.2, 0.25) is 0 Å². The monoisotopic (exact) mass is 286 g/mol. The fraction of sp³-hybridized carbons (Fsp3) is 0.375. The van der Waals surface area contributed by atoms with Crippen LogP contribution in [0.25, 0.3) is 0 Å². The summed E-state index contributed by atoms with van der Waals surface area (Å²) in [7, 11) is 1.64. The number of rotatable bonds is 5. The molecule has 5 heteroatoms. The predicted octanol–water partition coefficient (Wildman–Crippen LogP) is 2.87. The highest BCUT2D eigenvalue weighted by atomic mass is 16.5. The van der Waals surface area contributed by atoms with Crippen LogP contribution in [0.3, 0.4) is 0 Å². The van der Waals surface area contributed by atoms with Crippen molar-refractivity contribution in [3.63, 3.8) is 0 Å². The lowest BCUT2D eigenvalue weighted by molar-refractivity contribution is 0.0922. The van der Waals surface area contributed by atoms with Gasteiger partial charge >= 0.3 is 0 Å². The Morgan fingerprint density at radius 1 is 1.38 bits per heavy atom. The molecule has 1 aromatic carbocycles. The highest BCUT2D eigenvalue weighted by Gasteiger charge is 2.34. The largest absolute Gasteiger partial charge is 0.497 e. The molecule has 5 nitrogen and oxygen atoms in total. The third kappa shape index (κ3) is 3.07. The Labute approximate surface area is 123 Å². The van der Waals surface area contributed by atoms with Gasteiger partial charge in [-0.3, -0.25) is 4.79 Å². The molecule has 0 aliphatic heterocycles. The van der Waals surface area contributed by atoms with Crippen LogP contribution in [-0.2, 0) is 0 Å². The Balaban J connectivity index is 1.76. The molecule has 1 unspecified atom stereocenters. The predicted molar refractivity (Wildman–Crippen MR) is 77.2 cm³/mol. The van der Waals surface area contributed by atoms with E-state index in [0.29, 0.717) is 17.4 Å². The average molecular weight is 286 g/mol. The zero-order valence-corrected chi connectivity index (χ0v) is 12.1. The number of carbonyl (C=O) groups excluding carboxylic acids is 1. The number of amides is 1. The first kappa shape index (κ1) is 13.7. The highest BCUT2D eigenvalue weighted by Crippen LogP contribution is 2.41. The van der Waals surface area contributed by atoms with Gasteiger partial charge in [0.15, 0.2) is 5.69 Å². The fourth-order valence-corrected chi connectivity index (χ4v) is 2.40. The minimum Gasteiger partial charge on any atom is -0.497 e. The van der Waals surface area contributed by atoms with Crippen LogP contribution in [-0.4, -0.2) is 18.2 Å². The second-order valence-corrected chi connectivity index (χ2v) is 5.38. The highest BCUT2D eigenvalue weighted by molar-refractivity contribution is 5.92. The van der Waals surface area contributed by atoms with Gasteiger partial charge in [0.1, 0.15) is 11.5 Å². The summed E-state index contributed by atoms with van der Waals surface area (Å²) in [6.45, 7) is 1.77. The molecule has 110 valence electrons. The van der Waals surface area contributed by atoms with Crippen molar-refractivity contribution < 1.29 is 14.1 Å². The average Bonchev–Trinajstić information content (AvgIpc) is 3.25. The van der Waals surface area contributed by atoms with Crippen LogP contribution >= 0.6 is 0 Å². The summed E-state index contributed by atoms with van der Waals surface area (Å²) >= 11 is 0. The maximum atomic E-state index is 12.2. The first-order chi connectivity index (χ1) is 10.2. The number of hydrogen-bond donors (Lipinski definition) is 1. The van der Waals surface area contributed by atoms with E-state index in [0.717, 1.165) is 24.2 Å². The Morgan fingerprint density at radius 2 is 2.10 bits per heavy atom. The molecule has 1 aliphatic rings. The Kier molecular flexibility index (Phi) is 3.64. The van der Waals surface area contributed by atoms with Crippen LogP contribution in [0.15, 0.2) is 34.9 Å². The van der Waals surface area contributed by atoms with Crippen molar-refractivity contribution in [1.82, 2.24) is 10.5 Å². The van der Waals surface area contributed by atoms with Gasteiger partial charge in [-0.15, -0.1) is 0 Å². The molecule has 1 aromatic heterocycles. The Morgan fingerprint density at radius 3 is 2.62 bits per heavy atom. The van der Waals surface area contributed by atoms with E-state index in [2.05, 4.69) is 10.5 Å². The number of aromatic nitrogens is 1. The SMILES string of the molecule is COc1ccc(C(NC(=O)c2cc(C)on2)C2CC2)cc1. The first-order valence-electron chi connectivity index (χ1n) is 7.05. The summed E-state index contributed by atoms with van der Waals surface area (Å²) in [5, 5.41) is 6.82. The molecule has 0 saturated heterocycles. The molecule has 0 spiro atoms. The van der Waals surface area contributed by atoms with E-state index in [-0.39, 0.29) is 11.9 Å². The van der Waals surface area contributed by atoms with Gasteiger partial charge in [-0.1, -0.05) is 17.3 Å². The molecule has 0 bridgehead atoms. The maximum Gasteiger partial charge on any atom is 0.273 e. The molecule has 1 fully saturated rings. The quantitative estimate of drug-likeness (QED) is 0.918. The number of ether oxygens (including phenoxy) is 1. The van der Waals surface area contributed by atoms with E-state index >= 15 is 0 Å². The third-order valence-electron chi connectivity index (χ3n) is 3.72. The third-order valence-corrected chi connectivity index (χ3v) is 3.72. The Hall–Kier alpha value is -2.30. The second-order valence-electron chi connectivity index (χ2n) is 5.38. The smallest absolute Gasteiger partial charge is 0.273 e. The lowest BCUT2D eigenvalue weighted by Gasteiger charge is -2.18. The fourth-order valence-electron chi connectivity index (χ4n) is 2.40. The molecule has 1 heterocycles. The Bertz CT molecular complexity index is 629. The van der Waals surface area contributed by atoms with Crippen molar-refractivity contribution in [1.29, 1.82) is 0 Å². The minimum atomic E-state index is -0.195. The minimum absolute atomic E-state index is 0.0143. The van der Waals surface area contributed by atoms with Gasteiger partial charge in [-0.05, 0) is 43.4 Å². The molecule has 0 radical (unpaired) electrons. The number of hydrogen-bond acceptors (Lipinski definition) is 4. The standard InChI is InChI=1S/C16H18N2O3/c1-10-9-14(18-21-10)16(19)17-15(11-3-4-11)12-5-7-13(20-2)8-6-12/h5-9,11,15H,3-4H2,1-2H3,(H,17,19). The number of nitrogens with one attached hydrogen (secondary N) is 1. The molecule has 21 heavy (non-hydrogen) atoms. The molecule has 1 saturated carbocycles. The van der Waals surface area contributed by atoms with Gasteiger partial charge in [0.25, 0.3) is 5.91 Å². The number of methoxy groups -OCH3 is 1. The molecule has 2 aromatic rings. The van der Waals surface area contributed by atoms with Crippen molar-refractivity contribution in [2.75, 3.05) is 7.11 Å². The van der Waals surface area contributed by atoms with Gasteiger partial charge in [-0.2, -0.15) is 0 Å². The van der Waals surface area contributed by atoms with Crippen LogP contribution in [0.1, 0.15) is 40.7 Å². The van der Waals surface area contributed by atoms with E-state index in [1.807, 2.05) is 24.3 Å². The van der Waals surface area contributed by atoms with Gasteiger partial charge in [-0.25, -0.2) is 0 Å². The lowest BCUT2D eigenvalue weighted by Crippen LogP contribution is -2.30. The molecule has 1 aliphatic carbocycles. The molecular weight excluding hydrogens is 268 g/mol. The zero-order valence-electron chi connectivity index (χ0n) is 12.1. The number of carbonyl (C=O) groups is 1. The summed E-state index contributed by atoms with van der Waals surface area (Å²) < 4.78 is 10.1. The number of benzene rings is 1. The topological polar surface area (TPSA) is 64.4 Å². The van der Waals surface area contributed by atoms with E-state index in [9.17, 15) is 4.79 Å². The maximum absolute atomic E-state index is 12.2.